The van der Waals surface area contributed by atoms with Crippen molar-refractivity contribution in [3.05, 3.63) is 24.3 Å². The van der Waals surface area contributed by atoms with Crippen LogP contribution in [-0.2, 0) is 0 Å². The van der Waals surface area contributed by atoms with Crippen LogP contribution in [0.1, 0.15) is 33.6 Å². The van der Waals surface area contributed by atoms with Crippen molar-refractivity contribution < 1.29 is 0 Å². The number of hydrogen-bond donors (Lipinski definition) is 0. The monoisotopic (exact) mass is 242 g/mol. The normalized spacial score (nSPS) is 20.6. The van der Waals surface area contributed by atoms with Crippen LogP contribution in [0.5, 0.6) is 0 Å². The zero-order chi connectivity index (χ0) is 9.95. The van der Waals surface area contributed by atoms with Gasteiger partial charge in [-0.05, 0) is 18.3 Å². The fourth-order valence-electron chi connectivity index (χ4n) is 1.89. The molecule has 0 nitrogen and oxygen atoms in total. The van der Waals surface area contributed by atoms with Gasteiger partial charge in [-0.3, -0.25) is 0 Å². The van der Waals surface area contributed by atoms with Gasteiger partial charge in [0, 0.05) is 10.7 Å². The summed E-state index contributed by atoms with van der Waals surface area (Å²) in [7, 11) is 0. The molecule has 1 heteroatoms. The van der Waals surface area contributed by atoms with E-state index in [1.54, 1.807) is 0 Å². The average Bonchev–Trinajstić information content (AvgIpc) is 2.04. The van der Waals surface area contributed by atoms with Crippen LogP contribution in [0.2, 0.25) is 0 Å². The van der Waals surface area contributed by atoms with Gasteiger partial charge in [0.05, 0.1) is 0 Å². The largest absolute Gasteiger partial charge is 0.0928 e. The van der Waals surface area contributed by atoms with Crippen molar-refractivity contribution in [1.29, 1.82) is 0 Å². The summed E-state index contributed by atoms with van der Waals surface area (Å²) in [5, 5.41) is 1.07. The molecule has 0 aliphatic heterocycles. The molecule has 13 heavy (non-hydrogen) atoms. The van der Waals surface area contributed by atoms with E-state index in [4.69, 9.17) is 0 Å². The second kappa shape index (κ2) is 4.00. The molecule has 0 spiro atoms. The highest BCUT2D eigenvalue weighted by Crippen LogP contribution is 2.46. The predicted molar refractivity (Wildman–Crippen MR) is 63.2 cm³/mol. The Morgan fingerprint density at radius 3 is 2.15 bits per heavy atom. The third-order valence-corrected chi connectivity index (χ3v) is 3.40. The van der Waals surface area contributed by atoms with E-state index in [1.807, 2.05) is 0 Å². The SMILES string of the molecule is CC(C)(C)C1(CCBr)C=CCC=C1. The lowest BCUT2D eigenvalue weighted by Crippen LogP contribution is -2.33. The highest BCUT2D eigenvalue weighted by Gasteiger charge is 2.37. The quantitative estimate of drug-likeness (QED) is 0.500. The summed E-state index contributed by atoms with van der Waals surface area (Å²) in [5.41, 5.74) is 0.572. The topological polar surface area (TPSA) is 0 Å². The predicted octanol–water partition coefficient (Wildman–Crippen LogP) is 4.32. The van der Waals surface area contributed by atoms with E-state index in [0.717, 1.165) is 11.8 Å². The molecule has 0 N–H and O–H groups in total. The molecule has 0 saturated carbocycles. The van der Waals surface area contributed by atoms with Crippen LogP contribution in [0.25, 0.3) is 0 Å². The number of allylic oxidation sites excluding steroid dienone is 4. The van der Waals surface area contributed by atoms with Crippen molar-refractivity contribution in [3.8, 4) is 0 Å². The van der Waals surface area contributed by atoms with Gasteiger partial charge in [0.1, 0.15) is 0 Å². The first kappa shape index (κ1) is 11.0. The van der Waals surface area contributed by atoms with Gasteiger partial charge in [-0.15, -0.1) is 0 Å². The van der Waals surface area contributed by atoms with E-state index in [2.05, 4.69) is 61.0 Å². The van der Waals surface area contributed by atoms with Crippen molar-refractivity contribution in [2.45, 2.75) is 33.6 Å². The van der Waals surface area contributed by atoms with Gasteiger partial charge in [-0.2, -0.15) is 0 Å². The van der Waals surface area contributed by atoms with Gasteiger partial charge in [-0.1, -0.05) is 61.0 Å². The average molecular weight is 243 g/mol. The molecule has 1 aliphatic carbocycles. The molecule has 0 heterocycles. The molecule has 1 aliphatic rings. The first-order valence-corrected chi connectivity index (χ1v) is 6.05. The van der Waals surface area contributed by atoms with Gasteiger partial charge in [0.25, 0.3) is 0 Å². The minimum absolute atomic E-state index is 0.259. The Morgan fingerprint density at radius 2 is 1.77 bits per heavy atom. The van der Waals surface area contributed by atoms with Crippen molar-refractivity contribution in [2.75, 3.05) is 5.33 Å². The lowest BCUT2D eigenvalue weighted by Gasteiger charge is -2.41. The number of rotatable bonds is 2. The molecule has 0 radical (unpaired) electrons. The summed E-state index contributed by atoms with van der Waals surface area (Å²) in [6.45, 7) is 6.95. The van der Waals surface area contributed by atoms with Crippen LogP contribution in [0.4, 0.5) is 0 Å². The van der Waals surface area contributed by atoms with Gasteiger partial charge in [0.2, 0.25) is 0 Å². The summed E-state index contributed by atoms with van der Waals surface area (Å²) in [5.74, 6) is 0. The fourth-order valence-corrected chi connectivity index (χ4v) is 2.54. The van der Waals surface area contributed by atoms with Gasteiger partial charge in [-0.25, -0.2) is 0 Å². The molecule has 0 aromatic carbocycles. The van der Waals surface area contributed by atoms with E-state index in [9.17, 15) is 0 Å². The third kappa shape index (κ3) is 2.25. The molecule has 0 saturated heterocycles. The highest BCUT2D eigenvalue weighted by atomic mass is 79.9. The maximum atomic E-state index is 3.54. The molecule has 0 aromatic rings. The summed E-state index contributed by atoms with van der Waals surface area (Å²) in [4.78, 5) is 0. The number of alkyl halides is 1. The summed E-state index contributed by atoms with van der Waals surface area (Å²) in [6.07, 6.45) is 11.6. The minimum Gasteiger partial charge on any atom is -0.0928 e. The van der Waals surface area contributed by atoms with E-state index in [-0.39, 0.29) is 5.41 Å². The van der Waals surface area contributed by atoms with E-state index in [1.165, 1.54) is 6.42 Å². The Bertz CT molecular complexity index is 206. The van der Waals surface area contributed by atoms with Gasteiger partial charge in [0.15, 0.2) is 0 Å². The second-order valence-corrected chi connectivity index (χ2v) is 5.56. The number of hydrogen-bond acceptors (Lipinski definition) is 0. The molecule has 0 aromatic heterocycles. The molecular formula is C12H19Br. The lowest BCUT2D eigenvalue weighted by molar-refractivity contribution is 0.197. The van der Waals surface area contributed by atoms with Crippen LogP contribution >= 0.6 is 15.9 Å². The molecular weight excluding hydrogens is 224 g/mol. The summed E-state index contributed by atoms with van der Waals surface area (Å²) in [6, 6.07) is 0. The zero-order valence-electron chi connectivity index (χ0n) is 8.81. The molecule has 0 fully saturated rings. The smallest absolute Gasteiger partial charge is 0.0118 e. The Kier molecular flexibility index (Phi) is 3.39. The van der Waals surface area contributed by atoms with Crippen molar-refractivity contribution in [3.63, 3.8) is 0 Å². The first-order chi connectivity index (χ1) is 6.02. The Morgan fingerprint density at radius 1 is 1.23 bits per heavy atom. The Balaban J connectivity index is 2.93. The first-order valence-electron chi connectivity index (χ1n) is 4.93. The fraction of sp³-hybridized carbons (Fsp3) is 0.667. The lowest BCUT2D eigenvalue weighted by atomic mass is 9.63. The van der Waals surface area contributed by atoms with Gasteiger partial charge >= 0.3 is 0 Å². The third-order valence-electron chi connectivity index (χ3n) is 3.01. The maximum absolute atomic E-state index is 3.54. The molecule has 0 unspecified atom stereocenters. The Hall–Kier alpha value is -0.0400. The molecule has 0 amide bonds. The maximum Gasteiger partial charge on any atom is 0.0118 e. The summed E-state index contributed by atoms with van der Waals surface area (Å²) >= 11 is 3.54. The van der Waals surface area contributed by atoms with Crippen LogP contribution in [-0.4, -0.2) is 5.33 Å². The van der Waals surface area contributed by atoms with Crippen LogP contribution in [0.15, 0.2) is 24.3 Å². The molecule has 1 rings (SSSR count). The number of halogens is 1. The van der Waals surface area contributed by atoms with Crippen molar-refractivity contribution >= 4 is 15.9 Å². The van der Waals surface area contributed by atoms with Crippen molar-refractivity contribution in [2.24, 2.45) is 10.8 Å². The van der Waals surface area contributed by atoms with Crippen LogP contribution in [0, 0.1) is 10.8 Å². The van der Waals surface area contributed by atoms with E-state index < -0.39 is 0 Å². The molecule has 0 bridgehead atoms. The Labute approximate surface area is 90.2 Å². The van der Waals surface area contributed by atoms with Crippen LogP contribution in [0.3, 0.4) is 0 Å². The van der Waals surface area contributed by atoms with E-state index in [0.29, 0.717) is 5.41 Å². The molecule has 74 valence electrons. The summed E-state index contributed by atoms with van der Waals surface area (Å²) < 4.78 is 0. The van der Waals surface area contributed by atoms with E-state index >= 15 is 0 Å². The second-order valence-electron chi connectivity index (χ2n) is 4.77. The van der Waals surface area contributed by atoms with Crippen molar-refractivity contribution in [1.82, 2.24) is 0 Å². The highest BCUT2D eigenvalue weighted by molar-refractivity contribution is 9.09. The minimum atomic E-state index is 0.259. The molecule has 0 atom stereocenters. The standard InChI is InChI=1S/C12H19Br/c1-11(2,3)12(9-10-13)7-5-4-6-8-12/h5-8H,4,9-10H2,1-3H3. The van der Waals surface area contributed by atoms with Crippen LogP contribution < -0.4 is 0 Å². The zero-order valence-corrected chi connectivity index (χ0v) is 10.4. The van der Waals surface area contributed by atoms with Gasteiger partial charge < -0.3 is 0 Å².